The largest absolute Gasteiger partial charge is 0.457 e. The van der Waals surface area contributed by atoms with Crippen LogP contribution in [0.4, 0.5) is 5.69 Å². The molecule has 8 heteroatoms. The maximum atomic E-state index is 12.7. The van der Waals surface area contributed by atoms with Crippen LogP contribution in [0, 0.1) is 0 Å². The molecule has 2 aliphatic heterocycles. The van der Waals surface area contributed by atoms with E-state index < -0.39 is 9.84 Å². The number of carbonyl (C=O) groups is 1. The van der Waals surface area contributed by atoms with Crippen LogP contribution in [0.25, 0.3) is 0 Å². The van der Waals surface area contributed by atoms with Crippen molar-refractivity contribution in [3.8, 4) is 11.5 Å². The van der Waals surface area contributed by atoms with Gasteiger partial charge in [0.25, 0.3) is 5.91 Å². The van der Waals surface area contributed by atoms with Crippen LogP contribution < -0.4 is 9.64 Å². The van der Waals surface area contributed by atoms with E-state index in [0.29, 0.717) is 10.9 Å². The van der Waals surface area contributed by atoms with Crippen molar-refractivity contribution < 1.29 is 17.9 Å². The number of nitrogens with zero attached hydrogens (tertiary/aromatic N) is 2. The number of para-hydroxylation sites is 1. The molecule has 0 unspecified atom stereocenters. The minimum absolute atomic E-state index is 0.0544. The Morgan fingerprint density at radius 3 is 2.24 bits per heavy atom. The number of sulfone groups is 1. The molecule has 0 spiro atoms. The van der Waals surface area contributed by atoms with E-state index in [1.807, 2.05) is 89.8 Å². The molecule has 3 aromatic carbocycles. The Balaban J connectivity index is 1.40. The highest BCUT2D eigenvalue weighted by atomic mass is 32.2. The van der Waals surface area contributed by atoms with Gasteiger partial charge in [-0.3, -0.25) is 4.79 Å². The minimum Gasteiger partial charge on any atom is -0.457 e. The standard InChI is InChI=1S/C25H22N2O4S2/c28-24(15-18-7-3-1-4-8-18)26-25-27(22-16-33(29,30)17-23(22)32-25)19-11-13-21(14-12-19)31-20-9-5-2-6-10-20/h1-14,22-23H,15-17H2/t22-,23-/m0/s1. The highest BCUT2D eigenvalue weighted by Gasteiger charge is 2.49. The van der Waals surface area contributed by atoms with Crippen LogP contribution in [0.3, 0.4) is 0 Å². The summed E-state index contributed by atoms with van der Waals surface area (Å²) < 4.78 is 30.4. The van der Waals surface area contributed by atoms with Gasteiger partial charge in [-0.15, -0.1) is 0 Å². The monoisotopic (exact) mass is 478 g/mol. The predicted octanol–water partition coefficient (Wildman–Crippen LogP) is 4.32. The van der Waals surface area contributed by atoms with Gasteiger partial charge in [-0.05, 0) is 42.0 Å². The Morgan fingerprint density at radius 1 is 0.909 bits per heavy atom. The maximum absolute atomic E-state index is 12.7. The van der Waals surface area contributed by atoms with E-state index in [1.165, 1.54) is 11.8 Å². The zero-order valence-corrected chi connectivity index (χ0v) is 19.3. The Labute approximate surface area is 197 Å². The fourth-order valence-corrected chi connectivity index (χ4v) is 8.01. The van der Waals surface area contributed by atoms with Crippen LogP contribution in [0.15, 0.2) is 89.9 Å². The molecule has 0 N–H and O–H groups in total. The fourth-order valence-electron chi connectivity index (χ4n) is 4.08. The van der Waals surface area contributed by atoms with Gasteiger partial charge in [0.1, 0.15) is 11.5 Å². The molecule has 2 fully saturated rings. The highest BCUT2D eigenvalue weighted by molar-refractivity contribution is 8.16. The van der Waals surface area contributed by atoms with Gasteiger partial charge in [-0.25, -0.2) is 8.42 Å². The molecule has 33 heavy (non-hydrogen) atoms. The molecule has 0 aliphatic carbocycles. The molecule has 0 bridgehead atoms. The normalized spacial score (nSPS) is 22.3. The number of aliphatic imine (C=N–C) groups is 1. The lowest BCUT2D eigenvalue weighted by atomic mass is 10.1. The van der Waals surface area contributed by atoms with E-state index in [0.717, 1.165) is 17.0 Å². The van der Waals surface area contributed by atoms with Crippen LogP contribution in [0.2, 0.25) is 0 Å². The van der Waals surface area contributed by atoms with E-state index in [4.69, 9.17) is 4.74 Å². The molecule has 2 heterocycles. The lowest BCUT2D eigenvalue weighted by molar-refractivity contribution is -0.117. The molecule has 0 aromatic heterocycles. The second-order valence-electron chi connectivity index (χ2n) is 8.03. The number of ether oxygens (including phenoxy) is 1. The van der Waals surface area contributed by atoms with Gasteiger partial charge in [0, 0.05) is 10.9 Å². The van der Waals surface area contributed by atoms with Gasteiger partial charge in [0.15, 0.2) is 15.0 Å². The Hall–Kier alpha value is -3.10. The SMILES string of the molecule is O=C(Cc1ccccc1)N=C1S[C@H]2CS(=O)(=O)C[C@@H]2N1c1ccc(Oc2ccccc2)cc1. The molecule has 0 saturated carbocycles. The molecule has 0 radical (unpaired) electrons. The molecular weight excluding hydrogens is 456 g/mol. The first-order chi connectivity index (χ1) is 16.0. The number of fused-ring (bicyclic) bond motifs is 1. The van der Waals surface area contributed by atoms with Crippen LogP contribution >= 0.6 is 11.8 Å². The van der Waals surface area contributed by atoms with E-state index in [1.54, 1.807) is 0 Å². The summed E-state index contributed by atoms with van der Waals surface area (Å²) in [5, 5.41) is 0.413. The van der Waals surface area contributed by atoms with Gasteiger partial charge in [0.05, 0.1) is 24.0 Å². The fraction of sp³-hybridized carbons (Fsp3) is 0.200. The summed E-state index contributed by atoms with van der Waals surface area (Å²) in [5.41, 5.74) is 1.69. The third-order valence-electron chi connectivity index (χ3n) is 5.58. The van der Waals surface area contributed by atoms with Crippen LogP contribution in [0.5, 0.6) is 11.5 Å². The topological polar surface area (TPSA) is 76.0 Å². The zero-order chi connectivity index (χ0) is 22.8. The number of benzene rings is 3. The van der Waals surface area contributed by atoms with Crippen LogP contribution in [0.1, 0.15) is 5.56 Å². The molecule has 3 aromatic rings. The molecule has 2 aliphatic rings. The van der Waals surface area contributed by atoms with Gasteiger partial charge in [-0.1, -0.05) is 60.3 Å². The van der Waals surface area contributed by atoms with Crippen molar-refractivity contribution in [2.45, 2.75) is 17.7 Å². The molecule has 5 rings (SSSR count). The van der Waals surface area contributed by atoms with Gasteiger partial charge in [0.2, 0.25) is 0 Å². The number of hydrogen-bond donors (Lipinski definition) is 0. The Bertz CT molecular complexity index is 1280. The summed E-state index contributed by atoms with van der Waals surface area (Å²) in [4.78, 5) is 19.0. The summed E-state index contributed by atoms with van der Waals surface area (Å²) in [6, 6.07) is 26.1. The number of thioether (sulfide) groups is 1. The van der Waals surface area contributed by atoms with Crippen molar-refractivity contribution >= 4 is 38.4 Å². The summed E-state index contributed by atoms with van der Waals surface area (Å²) in [7, 11) is -3.12. The summed E-state index contributed by atoms with van der Waals surface area (Å²) in [6.45, 7) is 0. The van der Waals surface area contributed by atoms with Crippen LogP contribution in [-0.2, 0) is 21.1 Å². The molecule has 1 amide bonds. The number of rotatable bonds is 5. The van der Waals surface area contributed by atoms with Crippen molar-refractivity contribution in [1.82, 2.24) is 0 Å². The van der Waals surface area contributed by atoms with Crippen molar-refractivity contribution in [3.05, 3.63) is 90.5 Å². The highest BCUT2D eigenvalue weighted by Crippen LogP contribution is 2.41. The number of anilines is 1. The van der Waals surface area contributed by atoms with Gasteiger partial charge >= 0.3 is 0 Å². The second kappa shape index (κ2) is 9.03. The van der Waals surface area contributed by atoms with Crippen molar-refractivity contribution in [3.63, 3.8) is 0 Å². The molecule has 2 atom stereocenters. The van der Waals surface area contributed by atoms with Gasteiger partial charge in [-0.2, -0.15) is 4.99 Å². The zero-order valence-electron chi connectivity index (χ0n) is 17.7. The minimum atomic E-state index is -3.12. The van der Waals surface area contributed by atoms with E-state index in [-0.39, 0.29) is 35.1 Å². The lowest BCUT2D eigenvalue weighted by Crippen LogP contribution is -2.37. The van der Waals surface area contributed by atoms with Crippen molar-refractivity contribution in [1.29, 1.82) is 0 Å². The third-order valence-corrected chi connectivity index (χ3v) is 8.79. The Kier molecular flexibility index (Phi) is 5.95. The number of amidine groups is 1. The first-order valence-corrected chi connectivity index (χ1v) is 13.3. The molecule has 2 saturated heterocycles. The first-order valence-electron chi connectivity index (χ1n) is 10.6. The molecule has 168 valence electrons. The maximum Gasteiger partial charge on any atom is 0.252 e. The lowest BCUT2D eigenvalue weighted by Gasteiger charge is -2.24. The Morgan fingerprint density at radius 2 is 1.55 bits per heavy atom. The van der Waals surface area contributed by atoms with Crippen molar-refractivity contribution in [2.75, 3.05) is 16.4 Å². The van der Waals surface area contributed by atoms with Crippen LogP contribution in [-0.4, -0.2) is 42.3 Å². The average Bonchev–Trinajstić information content (AvgIpc) is 3.26. The summed E-state index contributed by atoms with van der Waals surface area (Å²) in [5.74, 6) is 1.31. The summed E-state index contributed by atoms with van der Waals surface area (Å²) in [6.07, 6.45) is 0.205. The van der Waals surface area contributed by atoms with E-state index >= 15 is 0 Å². The third kappa shape index (κ3) is 4.96. The van der Waals surface area contributed by atoms with Gasteiger partial charge < -0.3 is 9.64 Å². The average molecular weight is 479 g/mol. The quantitative estimate of drug-likeness (QED) is 0.544. The van der Waals surface area contributed by atoms with E-state index in [2.05, 4.69) is 4.99 Å². The van der Waals surface area contributed by atoms with Crippen molar-refractivity contribution in [2.24, 2.45) is 4.99 Å². The number of carbonyl (C=O) groups excluding carboxylic acids is 1. The summed E-state index contributed by atoms with van der Waals surface area (Å²) >= 11 is 1.38. The number of amides is 1. The second-order valence-corrected chi connectivity index (χ2v) is 11.4. The van der Waals surface area contributed by atoms with E-state index in [9.17, 15) is 13.2 Å². The number of hydrogen-bond acceptors (Lipinski definition) is 5. The molecular formula is C25H22N2O4S2. The molecule has 6 nitrogen and oxygen atoms in total. The predicted molar refractivity (Wildman–Crippen MR) is 132 cm³/mol. The smallest absolute Gasteiger partial charge is 0.252 e. The first kappa shape index (κ1) is 21.7.